The van der Waals surface area contributed by atoms with Gasteiger partial charge in [-0.15, -0.1) is 0 Å². The largest absolute Gasteiger partial charge is 0.478 e. The summed E-state index contributed by atoms with van der Waals surface area (Å²) >= 11 is 3.31. The molecule has 1 aliphatic rings. The lowest BCUT2D eigenvalue weighted by atomic mass is 10.0. The number of benzene rings is 1. The minimum atomic E-state index is -1.44. The number of cyclic esters (lactones) is 1. The van der Waals surface area contributed by atoms with Crippen molar-refractivity contribution in [2.75, 3.05) is 0 Å². The maximum Gasteiger partial charge on any atom is 0.420 e. The molecule has 0 aliphatic carbocycles. The Morgan fingerprint density at radius 2 is 1.88 bits per heavy atom. The quantitative estimate of drug-likeness (QED) is 0.838. The minimum Gasteiger partial charge on any atom is -0.478 e. The number of imide groups is 1. The van der Waals surface area contributed by atoms with Crippen molar-refractivity contribution < 1.29 is 29.0 Å². The number of rotatable bonds is 3. The molecule has 2 rings (SSSR count). The number of carbonyl (C=O) groups is 3. The number of carboxylic acid groups (broad SMARTS) is 1. The van der Waals surface area contributed by atoms with E-state index < -0.39 is 35.9 Å². The van der Waals surface area contributed by atoms with Crippen molar-refractivity contribution in [3.05, 3.63) is 34.3 Å². The summed E-state index contributed by atoms with van der Waals surface area (Å²) < 4.78 is 10.9. The second-order valence-corrected chi connectivity index (χ2v) is 7.31. The highest BCUT2D eigenvalue weighted by molar-refractivity contribution is 9.10. The zero-order valence-corrected chi connectivity index (χ0v) is 15.1. The Kier molecular flexibility index (Phi) is 5.17. The van der Waals surface area contributed by atoms with Crippen molar-refractivity contribution in [1.82, 2.24) is 4.90 Å². The Morgan fingerprint density at radius 1 is 1.29 bits per heavy atom. The van der Waals surface area contributed by atoms with Gasteiger partial charge >= 0.3 is 18.2 Å². The van der Waals surface area contributed by atoms with Gasteiger partial charge < -0.3 is 14.6 Å². The van der Waals surface area contributed by atoms with Crippen molar-refractivity contribution in [3.63, 3.8) is 0 Å². The number of amides is 2. The van der Waals surface area contributed by atoms with Gasteiger partial charge in [0.2, 0.25) is 6.10 Å². The van der Waals surface area contributed by atoms with E-state index in [-0.39, 0.29) is 6.42 Å². The van der Waals surface area contributed by atoms with E-state index in [1.165, 1.54) is 0 Å². The molecule has 1 aromatic carbocycles. The van der Waals surface area contributed by atoms with E-state index in [1.807, 2.05) is 0 Å². The van der Waals surface area contributed by atoms with Gasteiger partial charge in [0.25, 0.3) is 0 Å². The third-order valence-electron chi connectivity index (χ3n) is 3.30. The molecule has 130 valence electrons. The molecule has 0 radical (unpaired) electrons. The third-order valence-corrected chi connectivity index (χ3v) is 3.83. The summed E-state index contributed by atoms with van der Waals surface area (Å²) in [7, 11) is 0. The number of ether oxygens (including phenoxy) is 2. The van der Waals surface area contributed by atoms with E-state index in [4.69, 9.17) is 9.47 Å². The van der Waals surface area contributed by atoms with Crippen LogP contribution in [0.2, 0.25) is 0 Å². The van der Waals surface area contributed by atoms with Gasteiger partial charge in [0.1, 0.15) is 5.60 Å². The van der Waals surface area contributed by atoms with Gasteiger partial charge in [-0.05, 0) is 44.9 Å². The maximum atomic E-state index is 12.3. The SMILES string of the molecule is CC(C)(C)OC(=O)N1C(=O)O[C@H](C(=O)O)[C@H]1Cc1ccc(Br)cc1. The van der Waals surface area contributed by atoms with Crippen LogP contribution in [0.25, 0.3) is 0 Å². The van der Waals surface area contributed by atoms with Gasteiger partial charge in [-0.1, -0.05) is 28.1 Å². The van der Waals surface area contributed by atoms with Crippen LogP contribution < -0.4 is 0 Å². The van der Waals surface area contributed by atoms with E-state index in [0.717, 1.165) is 14.9 Å². The Morgan fingerprint density at radius 3 is 2.38 bits per heavy atom. The van der Waals surface area contributed by atoms with Gasteiger partial charge in [-0.2, -0.15) is 0 Å². The molecule has 1 saturated heterocycles. The summed E-state index contributed by atoms with van der Waals surface area (Å²) in [6.07, 6.45) is -3.22. The topological polar surface area (TPSA) is 93.1 Å². The highest BCUT2D eigenvalue weighted by atomic mass is 79.9. The number of aliphatic carboxylic acids is 1. The summed E-state index contributed by atoms with van der Waals surface area (Å²) in [5.41, 5.74) is -0.0535. The molecule has 0 aromatic heterocycles. The number of hydrogen-bond donors (Lipinski definition) is 1. The second kappa shape index (κ2) is 6.80. The first-order valence-corrected chi connectivity index (χ1v) is 8.08. The molecule has 8 heteroatoms. The van der Waals surface area contributed by atoms with E-state index in [2.05, 4.69) is 15.9 Å². The number of carboxylic acids is 1. The second-order valence-electron chi connectivity index (χ2n) is 6.39. The molecular formula is C16H18BrNO6. The fourth-order valence-corrected chi connectivity index (χ4v) is 2.58. The Balaban J connectivity index is 2.28. The molecule has 0 saturated carbocycles. The Labute approximate surface area is 147 Å². The van der Waals surface area contributed by atoms with E-state index in [1.54, 1.807) is 45.0 Å². The van der Waals surface area contributed by atoms with Crippen LogP contribution in [0.3, 0.4) is 0 Å². The molecule has 24 heavy (non-hydrogen) atoms. The monoisotopic (exact) mass is 399 g/mol. The zero-order chi connectivity index (χ0) is 18.1. The molecule has 1 aromatic rings. The molecule has 1 aliphatic heterocycles. The Bertz CT molecular complexity index is 652. The molecule has 0 spiro atoms. The van der Waals surface area contributed by atoms with E-state index in [9.17, 15) is 19.5 Å². The molecule has 0 bridgehead atoms. The van der Waals surface area contributed by atoms with Crippen LogP contribution in [-0.4, -0.2) is 45.9 Å². The highest BCUT2D eigenvalue weighted by Crippen LogP contribution is 2.26. The fourth-order valence-electron chi connectivity index (χ4n) is 2.31. The molecule has 1 heterocycles. The van der Waals surface area contributed by atoms with Crippen molar-refractivity contribution in [3.8, 4) is 0 Å². The number of nitrogens with zero attached hydrogens (tertiary/aromatic N) is 1. The fraction of sp³-hybridized carbons (Fsp3) is 0.438. The van der Waals surface area contributed by atoms with Crippen LogP contribution in [0, 0.1) is 0 Å². The predicted octanol–water partition coefficient (Wildman–Crippen LogP) is 3.20. The Hall–Kier alpha value is -2.09. The molecular weight excluding hydrogens is 382 g/mol. The van der Waals surface area contributed by atoms with Gasteiger partial charge in [0, 0.05) is 4.47 Å². The molecule has 0 unspecified atom stereocenters. The zero-order valence-electron chi connectivity index (χ0n) is 13.5. The van der Waals surface area contributed by atoms with Gasteiger partial charge in [0.15, 0.2) is 0 Å². The highest BCUT2D eigenvalue weighted by Gasteiger charge is 2.50. The lowest BCUT2D eigenvalue weighted by Gasteiger charge is -2.26. The van der Waals surface area contributed by atoms with Crippen molar-refractivity contribution >= 4 is 34.1 Å². The van der Waals surface area contributed by atoms with Gasteiger partial charge in [-0.3, -0.25) is 0 Å². The summed E-state index contributed by atoms with van der Waals surface area (Å²) in [6.45, 7) is 4.97. The molecule has 1 fully saturated rings. The van der Waals surface area contributed by atoms with Crippen LogP contribution in [0.5, 0.6) is 0 Å². The number of halogens is 1. The minimum absolute atomic E-state index is 0.148. The summed E-state index contributed by atoms with van der Waals surface area (Å²) in [4.78, 5) is 36.4. The lowest BCUT2D eigenvalue weighted by Crippen LogP contribution is -2.46. The van der Waals surface area contributed by atoms with E-state index >= 15 is 0 Å². The molecule has 2 atom stereocenters. The first kappa shape index (κ1) is 18.3. The normalized spacial score (nSPS) is 20.7. The van der Waals surface area contributed by atoms with Crippen LogP contribution >= 0.6 is 15.9 Å². The summed E-state index contributed by atoms with van der Waals surface area (Å²) in [5, 5.41) is 9.29. The van der Waals surface area contributed by atoms with Crippen LogP contribution in [0.4, 0.5) is 9.59 Å². The van der Waals surface area contributed by atoms with Crippen LogP contribution in [0.15, 0.2) is 28.7 Å². The standard InChI is InChI=1S/C16H18BrNO6/c1-16(2,3)24-15(22)18-11(12(13(19)20)23-14(18)21)8-9-4-6-10(17)7-5-9/h4-7,11-12H,8H2,1-3H3,(H,19,20)/t11-,12+/m1/s1. The first-order chi connectivity index (χ1) is 11.1. The van der Waals surface area contributed by atoms with Crippen molar-refractivity contribution in [2.24, 2.45) is 0 Å². The van der Waals surface area contributed by atoms with Gasteiger partial charge in [0.05, 0.1) is 6.04 Å². The van der Waals surface area contributed by atoms with Crippen LogP contribution in [0.1, 0.15) is 26.3 Å². The summed E-state index contributed by atoms with van der Waals surface area (Å²) in [6, 6.07) is 6.16. The number of hydrogen-bond acceptors (Lipinski definition) is 5. The first-order valence-electron chi connectivity index (χ1n) is 7.28. The van der Waals surface area contributed by atoms with Crippen molar-refractivity contribution in [2.45, 2.75) is 44.9 Å². The lowest BCUT2D eigenvalue weighted by molar-refractivity contribution is -0.146. The molecule has 2 amide bonds. The predicted molar refractivity (Wildman–Crippen MR) is 87.6 cm³/mol. The average Bonchev–Trinajstić information content (AvgIpc) is 2.76. The van der Waals surface area contributed by atoms with E-state index in [0.29, 0.717) is 0 Å². The molecule has 7 nitrogen and oxygen atoms in total. The smallest absolute Gasteiger partial charge is 0.420 e. The maximum absolute atomic E-state index is 12.3. The van der Waals surface area contributed by atoms with Gasteiger partial charge in [-0.25, -0.2) is 19.3 Å². The summed E-state index contributed by atoms with van der Waals surface area (Å²) in [5.74, 6) is -1.31. The van der Waals surface area contributed by atoms with Crippen molar-refractivity contribution in [1.29, 1.82) is 0 Å². The third kappa shape index (κ3) is 4.25. The van der Waals surface area contributed by atoms with Crippen LogP contribution in [-0.2, 0) is 20.7 Å². The molecule has 1 N–H and O–H groups in total. The average molecular weight is 400 g/mol. The number of carbonyl (C=O) groups excluding carboxylic acids is 2.